The maximum absolute atomic E-state index is 12.7. The van der Waals surface area contributed by atoms with E-state index in [-0.39, 0.29) is 15.6 Å². The number of methoxy groups -OCH3 is 1. The topological polar surface area (TPSA) is 38.3 Å². The van der Waals surface area contributed by atoms with Crippen molar-refractivity contribution in [2.24, 2.45) is 0 Å². The van der Waals surface area contributed by atoms with Gasteiger partial charge in [-0.25, -0.2) is 0 Å². The number of hydrogen-bond donors (Lipinski definition) is 1. The largest absolute Gasteiger partial charge is 0.380 e. The molecule has 1 amide bonds. The molecule has 3 nitrogen and oxygen atoms in total. The number of benzene rings is 2. The summed E-state index contributed by atoms with van der Waals surface area (Å²) < 4.78 is 30.3. The molecule has 0 radical (unpaired) electrons. The van der Waals surface area contributed by atoms with Gasteiger partial charge in [0.05, 0.1) is 22.2 Å². The van der Waals surface area contributed by atoms with Gasteiger partial charge in [-0.3, -0.25) is 4.79 Å². The minimum absolute atomic E-state index is 0.144. The fraction of sp³-hybridized carbons (Fsp3) is 0.188. The molecular formula is C16H14ClF2NO2S. The molecule has 2 aromatic rings. The normalized spacial score (nSPS) is 10.8. The van der Waals surface area contributed by atoms with Gasteiger partial charge in [0.15, 0.2) is 0 Å². The van der Waals surface area contributed by atoms with Crippen LogP contribution < -0.4 is 5.32 Å². The zero-order chi connectivity index (χ0) is 16.8. The number of carbonyl (C=O) groups is 1. The minimum atomic E-state index is -2.63. The summed E-state index contributed by atoms with van der Waals surface area (Å²) in [7, 11) is 1.56. The Morgan fingerprint density at radius 3 is 2.74 bits per heavy atom. The van der Waals surface area contributed by atoms with Gasteiger partial charge in [-0.2, -0.15) is 8.78 Å². The van der Waals surface area contributed by atoms with Crippen LogP contribution in [-0.4, -0.2) is 18.8 Å². The van der Waals surface area contributed by atoms with Gasteiger partial charge in [-0.05, 0) is 29.8 Å². The molecule has 0 unspecified atom stereocenters. The first-order valence-corrected chi connectivity index (χ1v) is 7.89. The van der Waals surface area contributed by atoms with E-state index in [1.54, 1.807) is 31.4 Å². The number of anilines is 1. The number of carbonyl (C=O) groups excluding carboxylic acids is 1. The molecule has 23 heavy (non-hydrogen) atoms. The van der Waals surface area contributed by atoms with Crippen LogP contribution in [0.3, 0.4) is 0 Å². The van der Waals surface area contributed by atoms with E-state index in [1.807, 2.05) is 6.07 Å². The number of thioether (sulfide) groups is 1. The van der Waals surface area contributed by atoms with Crippen molar-refractivity contribution in [2.75, 3.05) is 12.4 Å². The highest BCUT2D eigenvalue weighted by molar-refractivity contribution is 7.99. The Labute approximate surface area is 142 Å². The van der Waals surface area contributed by atoms with Crippen molar-refractivity contribution in [1.82, 2.24) is 0 Å². The standard InChI is InChI=1S/C16H14ClF2NO2S/c1-22-9-10-4-2-5-11(8-10)15(21)20-13-7-3-6-12(17)14(13)23-16(18)19/h2-8,16H,9H2,1H3,(H,20,21). The van der Waals surface area contributed by atoms with Gasteiger partial charge in [0, 0.05) is 12.7 Å². The maximum atomic E-state index is 12.7. The molecule has 122 valence electrons. The van der Waals surface area contributed by atoms with Crippen LogP contribution in [-0.2, 0) is 11.3 Å². The van der Waals surface area contributed by atoms with Gasteiger partial charge in [0.25, 0.3) is 11.7 Å². The molecule has 0 aliphatic carbocycles. The van der Waals surface area contributed by atoms with Crippen molar-refractivity contribution < 1.29 is 18.3 Å². The molecule has 0 atom stereocenters. The zero-order valence-electron chi connectivity index (χ0n) is 12.2. The molecule has 0 aromatic heterocycles. The molecular weight excluding hydrogens is 344 g/mol. The van der Waals surface area contributed by atoms with Crippen molar-refractivity contribution in [3.8, 4) is 0 Å². The van der Waals surface area contributed by atoms with E-state index in [0.717, 1.165) is 5.56 Å². The third-order valence-electron chi connectivity index (χ3n) is 2.92. The second-order valence-corrected chi connectivity index (χ2v) is 5.99. The third-order valence-corrected chi connectivity index (χ3v) is 4.20. The summed E-state index contributed by atoms with van der Waals surface area (Å²) >= 11 is 6.25. The van der Waals surface area contributed by atoms with Gasteiger partial charge < -0.3 is 10.1 Å². The van der Waals surface area contributed by atoms with Crippen LogP contribution in [0.1, 0.15) is 15.9 Å². The second kappa shape index (κ2) is 8.29. The SMILES string of the molecule is COCc1cccc(C(=O)Nc2cccc(Cl)c2SC(F)F)c1. The molecule has 0 aliphatic heterocycles. The van der Waals surface area contributed by atoms with E-state index in [9.17, 15) is 13.6 Å². The van der Waals surface area contributed by atoms with Crippen LogP contribution >= 0.6 is 23.4 Å². The van der Waals surface area contributed by atoms with Crippen molar-refractivity contribution in [2.45, 2.75) is 17.3 Å². The smallest absolute Gasteiger partial charge is 0.289 e. The first kappa shape index (κ1) is 17.7. The number of rotatable bonds is 6. The van der Waals surface area contributed by atoms with Crippen LogP contribution in [0.4, 0.5) is 14.5 Å². The quantitative estimate of drug-likeness (QED) is 0.735. The van der Waals surface area contributed by atoms with E-state index < -0.39 is 11.7 Å². The van der Waals surface area contributed by atoms with Crippen LogP contribution in [0.15, 0.2) is 47.4 Å². The number of hydrogen-bond acceptors (Lipinski definition) is 3. The summed E-state index contributed by atoms with van der Waals surface area (Å²) in [6.07, 6.45) is 0. The lowest BCUT2D eigenvalue weighted by molar-refractivity contribution is 0.102. The number of amides is 1. The average Bonchev–Trinajstić information content (AvgIpc) is 2.51. The van der Waals surface area contributed by atoms with Crippen LogP contribution in [0.25, 0.3) is 0 Å². The molecule has 7 heteroatoms. The van der Waals surface area contributed by atoms with E-state index in [0.29, 0.717) is 23.9 Å². The Morgan fingerprint density at radius 2 is 2.04 bits per heavy atom. The van der Waals surface area contributed by atoms with Crippen LogP contribution in [0.5, 0.6) is 0 Å². The summed E-state index contributed by atoms with van der Waals surface area (Å²) in [5.74, 6) is -3.03. The maximum Gasteiger partial charge on any atom is 0.289 e. The van der Waals surface area contributed by atoms with Gasteiger partial charge >= 0.3 is 0 Å². The number of nitrogens with one attached hydrogen (secondary N) is 1. The lowest BCUT2D eigenvalue weighted by Gasteiger charge is -2.12. The Morgan fingerprint density at radius 1 is 1.30 bits per heavy atom. The minimum Gasteiger partial charge on any atom is -0.380 e. The predicted octanol–water partition coefficient (Wildman–Crippen LogP) is 5.05. The van der Waals surface area contributed by atoms with Gasteiger partial charge in [0.2, 0.25) is 0 Å². The van der Waals surface area contributed by atoms with Gasteiger partial charge in [0.1, 0.15) is 0 Å². The van der Waals surface area contributed by atoms with Crippen molar-refractivity contribution in [1.29, 1.82) is 0 Å². The molecule has 0 fully saturated rings. The van der Waals surface area contributed by atoms with Gasteiger partial charge in [-0.15, -0.1) is 0 Å². The lowest BCUT2D eigenvalue weighted by Crippen LogP contribution is -2.13. The summed E-state index contributed by atoms with van der Waals surface area (Å²) in [5, 5.41) is 2.79. The second-order valence-electron chi connectivity index (χ2n) is 4.58. The molecule has 0 spiro atoms. The average molecular weight is 358 g/mol. The zero-order valence-corrected chi connectivity index (χ0v) is 13.8. The van der Waals surface area contributed by atoms with E-state index in [4.69, 9.17) is 16.3 Å². The highest BCUT2D eigenvalue weighted by Gasteiger charge is 2.16. The number of alkyl halides is 2. The molecule has 0 heterocycles. The highest BCUT2D eigenvalue weighted by atomic mass is 35.5. The summed E-state index contributed by atoms with van der Waals surface area (Å²) in [4.78, 5) is 12.5. The Bertz CT molecular complexity index is 698. The van der Waals surface area contributed by atoms with Crippen LogP contribution in [0.2, 0.25) is 5.02 Å². The summed E-state index contributed by atoms with van der Waals surface area (Å²) in [5.41, 5.74) is 1.51. The Kier molecular flexibility index (Phi) is 6.38. The number of ether oxygens (including phenoxy) is 1. The van der Waals surface area contributed by atoms with Crippen molar-refractivity contribution >= 4 is 35.0 Å². The molecule has 0 saturated carbocycles. The summed E-state index contributed by atoms with van der Waals surface area (Å²) in [6, 6.07) is 11.5. The molecule has 0 saturated heterocycles. The summed E-state index contributed by atoms with van der Waals surface area (Å²) in [6.45, 7) is 0.380. The fourth-order valence-electron chi connectivity index (χ4n) is 1.98. The third kappa shape index (κ3) is 4.92. The van der Waals surface area contributed by atoms with E-state index in [1.165, 1.54) is 12.1 Å². The molecule has 2 rings (SSSR count). The number of halogens is 3. The Balaban J connectivity index is 2.23. The van der Waals surface area contributed by atoms with Crippen LogP contribution in [0, 0.1) is 0 Å². The van der Waals surface area contributed by atoms with Crippen molar-refractivity contribution in [3.05, 3.63) is 58.6 Å². The first-order valence-electron chi connectivity index (χ1n) is 6.64. The molecule has 0 bridgehead atoms. The Hall–Kier alpha value is -1.63. The highest BCUT2D eigenvalue weighted by Crippen LogP contribution is 2.37. The van der Waals surface area contributed by atoms with E-state index >= 15 is 0 Å². The first-order chi connectivity index (χ1) is 11.0. The molecule has 2 aromatic carbocycles. The monoisotopic (exact) mass is 357 g/mol. The molecule has 1 N–H and O–H groups in total. The molecule has 0 aliphatic rings. The van der Waals surface area contributed by atoms with Crippen molar-refractivity contribution in [3.63, 3.8) is 0 Å². The van der Waals surface area contributed by atoms with Gasteiger partial charge in [-0.1, -0.05) is 41.6 Å². The predicted molar refractivity (Wildman–Crippen MR) is 88.4 cm³/mol. The fourth-order valence-corrected chi connectivity index (χ4v) is 2.89. The lowest BCUT2D eigenvalue weighted by atomic mass is 10.1. The van der Waals surface area contributed by atoms with E-state index in [2.05, 4.69) is 5.32 Å².